The van der Waals surface area contributed by atoms with Gasteiger partial charge in [0.25, 0.3) is 0 Å². The van der Waals surface area contributed by atoms with Gasteiger partial charge in [-0.2, -0.15) is 0 Å². The van der Waals surface area contributed by atoms with Crippen LogP contribution in [-0.4, -0.2) is 25.7 Å². The Bertz CT molecular complexity index is 437. The summed E-state index contributed by atoms with van der Waals surface area (Å²) in [5.74, 6) is 0. The molecule has 1 aromatic carbocycles. The second-order valence-electron chi connectivity index (χ2n) is 6.63. The normalized spacial score (nSPS) is 18.7. The van der Waals surface area contributed by atoms with Gasteiger partial charge in [-0.05, 0) is 56.2 Å². The highest BCUT2D eigenvalue weighted by molar-refractivity contribution is 5.56. The minimum absolute atomic E-state index is 0.384. The fourth-order valence-electron chi connectivity index (χ4n) is 3.53. The molecular formula is C19H32N2. The van der Waals surface area contributed by atoms with Gasteiger partial charge >= 0.3 is 0 Å². The Labute approximate surface area is 130 Å². The van der Waals surface area contributed by atoms with Crippen molar-refractivity contribution in [3.63, 3.8) is 0 Å². The molecule has 0 amide bonds. The first kappa shape index (κ1) is 16.4. The molecule has 0 spiro atoms. The molecule has 0 radical (unpaired) electrons. The summed E-state index contributed by atoms with van der Waals surface area (Å²) in [6.45, 7) is 12.7. The first-order chi connectivity index (χ1) is 10.2. The summed E-state index contributed by atoms with van der Waals surface area (Å²) in [6, 6.07) is 9.64. The maximum atomic E-state index is 3.59. The van der Waals surface area contributed by atoms with Crippen LogP contribution in [0.2, 0.25) is 0 Å². The van der Waals surface area contributed by atoms with Crippen LogP contribution >= 0.6 is 0 Å². The fraction of sp³-hybridized carbons (Fsp3) is 0.684. The summed E-state index contributed by atoms with van der Waals surface area (Å²) in [4.78, 5) is 2.67. The van der Waals surface area contributed by atoms with E-state index in [1.54, 1.807) is 0 Å². The highest BCUT2D eigenvalue weighted by Crippen LogP contribution is 2.35. The van der Waals surface area contributed by atoms with Gasteiger partial charge in [0, 0.05) is 24.8 Å². The van der Waals surface area contributed by atoms with Crippen LogP contribution in [-0.2, 0) is 6.42 Å². The third-order valence-electron chi connectivity index (χ3n) is 5.42. The number of hydrogen-bond acceptors (Lipinski definition) is 2. The van der Waals surface area contributed by atoms with Gasteiger partial charge in [0.1, 0.15) is 0 Å². The van der Waals surface area contributed by atoms with Crippen LogP contribution in [0, 0.1) is 5.41 Å². The molecule has 1 aromatic rings. The number of para-hydroxylation sites is 1. The van der Waals surface area contributed by atoms with E-state index in [2.05, 4.69) is 62.2 Å². The first-order valence-electron chi connectivity index (χ1n) is 8.71. The van der Waals surface area contributed by atoms with Crippen LogP contribution in [0.3, 0.4) is 0 Å². The summed E-state index contributed by atoms with van der Waals surface area (Å²) in [7, 11) is 0. The van der Waals surface area contributed by atoms with E-state index >= 15 is 0 Å². The summed E-state index contributed by atoms with van der Waals surface area (Å²) in [5, 5.41) is 3.59. The Morgan fingerprint density at radius 1 is 1.19 bits per heavy atom. The SMILES string of the molecule is CCNCC(CC)(CC)CN1c2ccccc2CCC1C. The molecule has 0 saturated carbocycles. The van der Waals surface area contributed by atoms with E-state index in [9.17, 15) is 0 Å². The van der Waals surface area contributed by atoms with Gasteiger partial charge in [-0.15, -0.1) is 0 Å². The zero-order valence-electron chi connectivity index (χ0n) is 14.3. The smallest absolute Gasteiger partial charge is 0.0401 e. The summed E-state index contributed by atoms with van der Waals surface area (Å²) in [5.41, 5.74) is 3.38. The van der Waals surface area contributed by atoms with Crippen LogP contribution in [0.25, 0.3) is 0 Å². The molecule has 1 aliphatic heterocycles. The third kappa shape index (κ3) is 3.60. The number of fused-ring (bicyclic) bond motifs is 1. The molecule has 0 saturated heterocycles. The second-order valence-corrected chi connectivity index (χ2v) is 6.63. The van der Waals surface area contributed by atoms with Gasteiger partial charge in [-0.25, -0.2) is 0 Å². The Morgan fingerprint density at radius 3 is 2.57 bits per heavy atom. The number of aryl methyl sites for hydroxylation is 1. The average molecular weight is 288 g/mol. The summed E-state index contributed by atoms with van der Waals surface area (Å²) >= 11 is 0. The lowest BCUT2D eigenvalue weighted by Gasteiger charge is -2.44. The van der Waals surface area contributed by atoms with Crippen molar-refractivity contribution in [2.45, 2.75) is 59.4 Å². The molecule has 2 heteroatoms. The van der Waals surface area contributed by atoms with Gasteiger partial charge < -0.3 is 10.2 Å². The molecule has 0 aromatic heterocycles. The molecule has 0 fully saturated rings. The molecule has 2 nitrogen and oxygen atoms in total. The zero-order valence-corrected chi connectivity index (χ0v) is 14.3. The number of benzene rings is 1. The van der Waals surface area contributed by atoms with Crippen LogP contribution in [0.4, 0.5) is 5.69 Å². The van der Waals surface area contributed by atoms with Crippen molar-refractivity contribution in [2.24, 2.45) is 5.41 Å². The minimum atomic E-state index is 0.384. The molecule has 1 atom stereocenters. The van der Waals surface area contributed by atoms with Gasteiger partial charge in [0.05, 0.1) is 0 Å². The Morgan fingerprint density at radius 2 is 1.90 bits per heavy atom. The van der Waals surface area contributed by atoms with Crippen molar-refractivity contribution >= 4 is 5.69 Å². The highest BCUT2D eigenvalue weighted by atomic mass is 15.2. The molecule has 21 heavy (non-hydrogen) atoms. The van der Waals surface area contributed by atoms with Crippen LogP contribution in [0.1, 0.15) is 52.5 Å². The van der Waals surface area contributed by atoms with E-state index in [0.29, 0.717) is 11.5 Å². The van der Waals surface area contributed by atoms with E-state index in [1.165, 1.54) is 43.5 Å². The van der Waals surface area contributed by atoms with Gasteiger partial charge in [0.15, 0.2) is 0 Å². The molecule has 118 valence electrons. The lowest BCUT2D eigenvalue weighted by Crippen LogP contribution is -2.48. The van der Waals surface area contributed by atoms with Gasteiger partial charge in [-0.3, -0.25) is 0 Å². The van der Waals surface area contributed by atoms with E-state index < -0.39 is 0 Å². The molecule has 1 unspecified atom stereocenters. The molecule has 0 bridgehead atoms. The number of nitrogens with one attached hydrogen (secondary N) is 1. The molecule has 1 aliphatic rings. The zero-order chi connectivity index (χ0) is 15.3. The van der Waals surface area contributed by atoms with Crippen molar-refractivity contribution in [3.05, 3.63) is 29.8 Å². The lowest BCUT2D eigenvalue weighted by molar-refractivity contribution is 0.246. The van der Waals surface area contributed by atoms with Crippen LogP contribution in [0.15, 0.2) is 24.3 Å². The van der Waals surface area contributed by atoms with Crippen molar-refractivity contribution in [2.75, 3.05) is 24.5 Å². The van der Waals surface area contributed by atoms with E-state index in [-0.39, 0.29) is 0 Å². The fourth-order valence-corrected chi connectivity index (χ4v) is 3.53. The van der Waals surface area contributed by atoms with Crippen molar-refractivity contribution in [3.8, 4) is 0 Å². The van der Waals surface area contributed by atoms with Gasteiger partial charge in [-0.1, -0.05) is 39.0 Å². The Kier molecular flexibility index (Phi) is 5.69. The lowest BCUT2D eigenvalue weighted by atomic mass is 9.80. The number of nitrogens with zero attached hydrogens (tertiary/aromatic N) is 1. The standard InChI is InChI=1S/C19H32N2/c1-5-19(6-2,14-20-7-3)15-21-16(4)12-13-17-10-8-9-11-18(17)21/h8-11,16,20H,5-7,12-15H2,1-4H3. The molecule has 1 N–H and O–H groups in total. The average Bonchev–Trinajstić information content (AvgIpc) is 2.54. The molecule has 1 heterocycles. The predicted octanol–water partition coefficient (Wildman–Crippen LogP) is 4.24. The van der Waals surface area contributed by atoms with E-state index in [0.717, 1.165) is 13.1 Å². The summed E-state index contributed by atoms with van der Waals surface area (Å²) < 4.78 is 0. The Hall–Kier alpha value is -1.02. The molecular weight excluding hydrogens is 256 g/mol. The quantitative estimate of drug-likeness (QED) is 0.807. The Balaban J connectivity index is 2.23. The highest BCUT2D eigenvalue weighted by Gasteiger charge is 2.32. The van der Waals surface area contributed by atoms with Gasteiger partial charge in [0.2, 0.25) is 0 Å². The maximum Gasteiger partial charge on any atom is 0.0401 e. The summed E-state index contributed by atoms with van der Waals surface area (Å²) in [6.07, 6.45) is 4.98. The van der Waals surface area contributed by atoms with Crippen LogP contribution in [0.5, 0.6) is 0 Å². The monoisotopic (exact) mass is 288 g/mol. The third-order valence-corrected chi connectivity index (χ3v) is 5.42. The maximum absolute atomic E-state index is 3.59. The topological polar surface area (TPSA) is 15.3 Å². The minimum Gasteiger partial charge on any atom is -0.368 e. The molecule has 0 aliphatic carbocycles. The number of anilines is 1. The first-order valence-corrected chi connectivity index (χ1v) is 8.71. The largest absolute Gasteiger partial charge is 0.368 e. The predicted molar refractivity (Wildman–Crippen MR) is 93.1 cm³/mol. The number of hydrogen-bond donors (Lipinski definition) is 1. The van der Waals surface area contributed by atoms with Crippen molar-refractivity contribution in [1.29, 1.82) is 0 Å². The van der Waals surface area contributed by atoms with E-state index in [4.69, 9.17) is 0 Å². The van der Waals surface area contributed by atoms with Crippen molar-refractivity contribution < 1.29 is 0 Å². The van der Waals surface area contributed by atoms with E-state index in [1.807, 2.05) is 0 Å². The van der Waals surface area contributed by atoms with Crippen molar-refractivity contribution in [1.82, 2.24) is 5.32 Å². The second kappa shape index (κ2) is 7.31. The molecule has 2 rings (SSSR count). The van der Waals surface area contributed by atoms with Crippen LogP contribution < -0.4 is 10.2 Å². The number of rotatable bonds is 7.